The van der Waals surface area contributed by atoms with Crippen LogP contribution in [0.25, 0.3) is 5.76 Å². The molecule has 8 heteroatoms. The van der Waals surface area contributed by atoms with Gasteiger partial charge in [-0.1, -0.05) is 29.8 Å². The van der Waals surface area contributed by atoms with E-state index in [0.29, 0.717) is 16.4 Å². The molecule has 3 aromatic carbocycles. The van der Waals surface area contributed by atoms with Crippen molar-refractivity contribution >= 4 is 46.3 Å². The Hall–Kier alpha value is -3.97. The summed E-state index contributed by atoms with van der Waals surface area (Å²) in [6.07, 6.45) is 0. The van der Waals surface area contributed by atoms with Gasteiger partial charge in [0.15, 0.2) is 0 Å². The van der Waals surface area contributed by atoms with Gasteiger partial charge in [-0.15, -0.1) is 0 Å². The van der Waals surface area contributed by atoms with Gasteiger partial charge in [0.1, 0.15) is 11.6 Å². The molecule has 3 aromatic rings. The smallest absolute Gasteiger partial charge is 0.300 e. The fraction of sp³-hybridized carbons (Fsp3) is 0.0800. The molecule has 1 fully saturated rings. The number of nitrogens with zero attached hydrogens (tertiary/aromatic N) is 1. The molecule has 0 aliphatic carbocycles. The fourth-order valence-corrected chi connectivity index (χ4v) is 3.89. The lowest BCUT2D eigenvalue weighted by atomic mass is 9.94. The van der Waals surface area contributed by atoms with Gasteiger partial charge in [0.25, 0.3) is 11.7 Å². The number of rotatable bonds is 4. The Labute approximate surface area is 193 Å². The fourth-order valence-electron chi connectivity index (χ4n) is 3.76. The number of hydrogen-bond acceptors (Lipinski definition) is 4. The minimum atomic E-state index is -1.20. The van der Waals surface area contributed by atoms with Crippen LogP contribution < -0.4 is 10.2 Å². The van der Waals surface area contributed by atoms with Crippen LogP contribution in [0, 0.1) is 5.82 Å². The Bertz CT molecular complexity index is 1290. The average molecular weight is 465 g/mol. The SMILES string of the molecule is CC(=O)Nc1ccc(N2C(=O)C(=O)/C(=C(/O)c3ccc(Cl)cc3)C2c2ccccc2F)cc1. The number of ketones is 1. The van der Waals surface area contributed by atoms with Crippen LogP contribution in [0.4, 0.5) is 15.8 Å². The average Bonchev–Trinajstić information content (AvgIpc) is 3.05. The Morgan fingerprint density at radius 3 is 2.24 bits per heavy atom. The maximum Gasteiger partial charge on any atom is 0.300 e. The summed E-state index contributed by atoms with van der Waals surface area (Å²) >= 11 is 5.92. The Balaban J connectivity index is 1.89. The largest absolute Gasteiger partial charge is 0.507 e. The number of benzene rings is 3. The van der Waals surface area contributed by atoms with Gasteiger partial charge in [-0.25, -0.2) is 4.39 Å². The molecule has 1 aliphatic heterocycles. The number of carbonyl (C=O) groups is 3. The Morgan fingerprint density at radius 1 is 1.00 bits per heavy atom. The van der Waals surface area contributed by atoms with Gasteiger partial charge in [0.2, 0.25) is 5.91 Å². The summed E-state index contributed by atoms with van der Waals surface area (Å²) in [7, 11) is 0. The lowest BCUT2D eigenvalue weighted by molar-refractivity contribution is -0.132. The minimum absolute atomic E-state index is 0.0538. The molecule has 4 rings (SSSR count). The van der Waals surface area contributed by atoms with Crippen molar-refractivity contribution in [1.29, 1.82) is 0 Å². The number of hydrogen-bond donors (Lipinski definition) is 2. The molecular weight excluding hydrogens is 447 g/mol. The van der Waals surface area contributed by atoms with E-state index in [1.54, 1.807) is 18.2 Å². The molecule has 2 amide bonds. The summed E-state index contributed by atoms with van der Waals surface area (Å²) in [5, 5.41) is 14.0. The summed E-state index contributed by atoms with van der Waals surface area (Å²) in [6.45, 7) is 1.36. The predicted octanol–water partition coefficient (Wildman–Crippen LogP) is 5.06. The maximum atomic E-state index is 14.9. The molecule has 0 aromatic heterocycles. The second-order valence-corrected chi connectivity index (χ2v) is 7.86. The summed E-state index contributed by atoms with van der Waals surface area (Å²) in [5.74, 6) is -3.19. The highest BCUT2D eigenvalue weighted by Crippen LogP contribution is 2.43. The van der Waals surface area contributed by atoms with Crippen LogP contribution in [-0.4, -0.2) is 22.7 Å². The van der Waals surface area contributed by atoms with E-state index in [-0.39, 0.29) is 22.6 Å². The molecule has 0 saturated carbocycles. The standard InChI is InChI=1S/C25H18ClFN2O4/c1-14(30)28-17-10-12-18(13-11-17)29-22(19-4-2-3-5-20(19)27)21(24(32)25(29)33)23(31)15-6-8-16(26)9-7-15/h2-13,22,31H,1H3,(H,28,30)/b23-21+. The highest BCUT2D eigenvalue weighted by atomic mass is 35.5. The van der Waals surface area contributed by atoms with Gasteiger partial charge < -0.3 is 10.4 Å². The van der Waals surface area contributed by atoms with Gasteiger partial charge in [-0.05, 0) is 54.6 Å². The van der Waals surface area contributed by atoms with Gasteiger partial charge in [0, 0.05) is 34.4 Å². The molecule has 1 aliphatic rings. The van der Waals surface area contributed by atoms with Crippen molar-refractivity contribution in [3.63, 3.8) is 0 Å². The van der Waals surface area contributed by atoms with E-state index in [4.69, 9.17) is 11.6 Å². The van der Waals surface area contributed by atoms with E-state index in [1.807, 2.05) is 0 Å². The molecule has 0 bridgehead atoms. The molecule has 1 unspecified atom stereocenters. The zero-order valence-corrected chi connectivity index (χ0v) is 18.1. The van der Waals surface area contributed by atoms with Crippen LogP contribution in [0.2, 0.25) is 5.02 Å². The number of anilines is 2. The van der Waals surface area contributed by atoms with Crippen molar-refractivity contribution in [1.82, 2.24) is 0 Å². The third kappa shape index (κ3) is 4.23. The third-order valence-corrected chi connectivity index (χ3v) is 5.48. The summed E-state index contributed by atoms with van der Waals surface area (Å²) in [5.41, 5.74) is 0.873. The molecule has 0 spiro atoms. The molecule has 2 N–H and O–H groups in total. The highest BCUT2D eigenvalue weighted by molar-refractivity contribution is 6.51. The van der Waals surface area contributed by atoms with Crippen LogP contribution in [0.1, 0.15) is 24.1 Å². The highest BCUT2D eigenvalue weighted by Gasteiger charge is 2.47. The minimum Gasteiger partial charge on any atom is -0.507 e. The number of carbonyl (C=O) groups excluding carboxylic acids is 3. The lowest BCUT2D eigenvalue weighted by Crippen LogP contribution is -2.29. The number of Topliss-reactive ketones (excluding diaryl/α,β-unsaturated/α-hetero) is 1. The van der Waals surface area contributed by atoms with E-state index < -0.39 is 29.3 Å². The van der Waals surface area contributed by atoms with E-state index in [0.717, 1.165) is 4.90 Å². The van der Waals surface area contributed by atoms with Gasteiger partial charge >= 0.3 is 0 Å². The van der Waals surface area contributed by atoms with Crippen LogP contribution in [0.15, 0.2) is 78.4 Å². The molecule has 166 valence electrons. The lowest BCUT2D eigenvalue weighted by Gasteiger charge is -2.26. The summed E-state index contributed by atoms with van der Waals surface area (Å²) < 4.78 is 14.9. The van der Waals surface area contributed by atoms with E-state index in [1.165, 1.54) is 61.5 Å². The van der Waals surface area contributed by atoms with Crippen molar-refractivity contribution in [3.05, 3.63) is 100 Å². The van der Waals surface area contributed by atoms with Crippen LogP contribution in [-0.2, 0) is 14.4 Å². The van der Waals surface area contributed by atoms with E-state index in [2.05, 4.69) is 5.32 Å². The number of nitrogens with one attached hydrogen (secondary N) is 1. The van der Waals surface area contributed by atoms with Gasteiger partial charge in [-0.3, -0.25) is 19.3 Å². The second kappa shape index (κ2) is 8.88. The van der Waals surface area contributed by atoms with E-state index in [9.17, 15) is 23.9 Å². The summed E-state index contributed by atoms with van der Waals surface area (Å²) in [4.78, 5) is 38.6. The molecule has 6 nitrogen and oxygen atoms in total. The number of halogens is 2. The monoisotopic (exact) mass is 464 g/mol. The van der Waals surface area contributed by atoms with Crippen molar-refractivity contribution < 1.29 is 23.9 Å². The molecule has 33 heavy (non-hydrogen) atoms. The van der Waals surface area contributed by atoms with Crippen molar-refractivity contribution in [2.24, 2.45) is 0 Å². The van der Waals surface area contributed by atoms with E-state index >= 15 is 0 Å². The molecule has 1 heterocycles. The Kier molecular flexibility index (Phi) is 5.98. The molecule has 1 saturated heterocycles. The topological polar surface area (TPSA) is 86.7 Å². The van der Waals surface area contributed by atoms with Crippen molar-refractivity contribution in [3.8, 4) is 0 Å². The van der Waals surface area contributed by atoms with Crippen LogP contribution in [0.3, 0.4) is 0 Å². The normalized spacial score (nSPS) is 17.3. The molecular formula is C25H18ClFN2O4. The molecule has 0 radical (unpaired) electrons. The number of aliphatic hydroxyl groups excluding tert-OH is 1. The predicted molar refractivity (Wildman–Crippen MR) is 123 cm³/mol. The van der Waals surface area contributed by atoms with Gasteiger partial charge in [0.05, 0.1) is 11.6 Å². The first-order chi connectivity index (χ1) is 15.8. The summed E-state index contributed by atoms with van der Waals surface area (Å²) in [6, 6.07) is 16.8. The zero-order chi connectivity index (χ0) is 23.7. The maximum absolute atomic E-state index is 14.9. The quantitative estimate of drug-likeness (QED) is 0.321. The number of aliphatic hydroxyl groups is 1. The Morgan fingerprint density at radius 2 is 1.64 bits per heavy atom. The second-order valence-electron chi connectivity index (χ2n) is 7.43. The first kappa shape index (κ1) is 22.2. The number of amides is 2. The zero-order valence-electron chi connectivity index (χ0n) is 17.4. The molecule has 1 atom stereocenters. The first-order valence-corrected chi connectivity index (χ1v) is 10.3. The van der Waals surface area contributed by atoms with Gasteiger partial charge in [-0.2, -0.15) is 0 Å². The van der Waals surface area contributed by atoms with Crippen molar-refractivity contribution in [2.45, 2.75) is 13.0 Å². The van der Waals surface area contributed by atoms with Crippen LogP contribution in [0.5, 0.6) is 0 Å². The van der Waals surface area contributed by atoms with Crippen molar-refractivity contribution in [2.75, 3.05) is 10.2 Å². The third-order valence-electron chi connectivity index (χ3n) is 5.23. The van der Waals surface area contributed by atoms with Crippen LogP contribution >= 0.6 is 11.6 Å². The first-order valence-electron chi connectivity index (χ1n) is 9.97.